The summed E-state index contributed by atoms with van der Waals surface area (Å²) in [7, 11) is -1.64. The lowest BCUT2D eigenvalue weighted by Gasteiger charge is -2.08. The van der Waals surface area contributed by atoms with Crippen LogP contribution in [-0.2, 0) is 16.9 Å². The van der Waals surface area contributed by atoms with E-state index in [-0.39, 0.29) is 10.5 Å². The summed E-state index contributed by atoms with van der Waals surface area (Å²) in [4.78, 5) is 16.0. The fraction of sp³-hybridized carbons (Fsp3) is 0.167. The van der Waals surface area contributed by atoms with Crippen LogP contribution < -0.4 is 10.9 Å². The lowest BCUT2D eigenvalue weighted by molar-refractivity contribution is 0.601. The van der Waals surface area contributed by atoms with Crippen molar-refractivity contribution in [3.8, 4) is 0 Å². The van der Waals surface area contributed by atoms with E-state index in [4.69, 9.17) is 0 Å². The number of pyridine rings is 2. The summed E-state index contributed by atoms with van der Waals surface area (Å²) in [6, 6.07) is 4.58. The van der Waals surface area contributed by atoms with E-state index in [0.717, 1.165) is 10.7 Å². The molecule has 106 valence electrons. The normalized spacial score (nSPS) is 11.3. The van der Waals surface area contributed by atoms with E-state index < -0.39 is 9.84 Å². The molecule has 0 aliphatic rings. The Bertz CT molecular complexity index is 798. The number of aromatic nitrogens is 2. The lowest BCUT2D eigenvalue weighted by Crippen LogP contribution is -2.19. The first-order valence-electron chi connectivity index (χ1n) is 5.57. The molecule has 8 heteroatoms. The van der Waals surface area contributed by atoms with E-state index in [2.05, 4.69) is 26.2 Å². The van der Waals surface area contributed by atoms with Crippen molar-refractivity contribution in [1.29, 1.82) is 0 Å². The molecule has 0 amide bonds. The maximum atomic E-state index is 11.9. The average molecular weight is 358 g/mol. The minimum absolute atomic E-state index is 0.130. The van der Waals surface area contributed by atoms with Crippen molar-refractivity contribution in [2.45, 2.75) is 4.90 Å². The Morgan fingerprint density at radius 1 is 1.35 bits per heavy atom. The first-order valence-corrected chi connectivity index (χ1v) is 8.25. The molecule has 6 nitrogen and oxygen atoms in total. The molecule has 2 rings (SSSR count). The largest absolute Gasteiger partial charge is 0.336 e. The van der Waals surface area contributed by atoms with Crippen LogP contribution in [0.2, 0.25) is 0 Å². The van der Waals surface area contributed by atoms with Gasteiger partial charge in [0.2, 0.25) is 0 Å². The third kappa shape index (κ3) is 3.26. The molecule has 0 aliphatic carbocycles. The summed E-state index contributed by atoms with van der Waals surface area (Å²) < 4.78 is 24.8. The first kappa shape index (κ1) is 14.7. The maximum absolute atomic E-state index is 11.9. The maximum Gasteiger partial charge on any atom is 0.274 e. The van der Waals surface area contributed by atoms with Crippen molar-refractivity contribution in [3.05, 3.63) is 45.4 Å². The van der Waals surface area contributed by atoms with Gasteiger partial charge in [-0.2, -0.15) is 0 Å². The number of hydrogen-bond donors (Lipinski definition) is 1. The van der Waals surface area contributed by atoms with Crippen molar-refractivity contribution in [2.24, 2.45) is 7.05 Å². The standard InChI is InChI=1S/C12H12BrN3O3S/c1-16-7-8(13)5-10(12(16)17)15-11-4-3-9(6-14-11)20(2,18)19/h3-7H,1-2H3,(H,14,15). The van der Waals surface area contributed by atoms with Gasteiger partial charge in [0.15, 0.2) is 9.84 Å². The number of nitrogens with one attached hydrogen (secondary N) is 1. The molecule has 1 N–H and O–H groups in total. The molecule has 0 saturated carbocycles. The number of rotatable bonds is 3. The van der Waals surface area contributed by atoms with Crippen LogP contribution in [0.5, 0.6) is 0 Å². The zero-order chi connectivity index (χ0) is 14.9. The third-order valence-electron chi connectivity index (χ3n) is 2.58. The zero-order valence-electron chi connectivity index (χ0n) is 10.8. The fourth-order valence-electron chi connectivity index (χ4n) is 1.57. The van der Waals surface area contributed by atoms with Gasteiger partial charge in [0.25, 0.3) is 5.56 Å². The van der Waals surface area contributed by atoms with Gasteiger partial charge >= 0.3 is 0 Å². The molecule has 0 aromatic carbocycles. The first-order chi connectivity index (χ1) is 9.27. The second-order valence-electron chi connectivity index (χ2n) is 4.26. The lowest BCUT2D eigenvalue weighted by atomic mass is 10.4. The highest BCUT2D eigenvalue weighted by Gasteiger charge is 2.08. The van der Waals surface area contributed by atoms with Crippen LogP contribution in [0.1, 0.15) is 0 Å². The van der Waals surface area contributed by atoms with Crippen molar-refractivity contribution in [3.63, 3.8) is 0 Å². The number of sulfone groups is 1. The highest BCUT2D eigenvalue weighted by atomic mass is 79.9. The van der Waals surface area contributed by atoms with E-state index in [9.17, 15) is 13.2 Å². The summed E-state index contributed by atoms with van der Waals surface area (Å²) in [5, 5.41) is 2.86. The third-order valence-corrected chi connectivity index (χ3v) is 4.11. The van der Waals surface area contributed by atoms with Gasteiger partial charge in [-0.3, -0.25) is 4.79 Å². The second kappa shape index (κ2) is 5.37. The summed E-state index contributed by atoms with van der Waals surface area (Å²) in [5.74, 6) is 0.396. The number of halogens is 1. The molecule has 0 radical (unpaired) electrons. The van der Waals surface area contributed by atoms with Gasteiger partial charge in [0, 0.05) is 30.2 Å². The molecule has 2 aromatic heterocycles. The molecule has 2 heterocycles. The van der Waals surface area contributed by atoms with Crippen LogP contribution in [0.25, 0.3) is 0 Å². The van der Waals surface area contributed by atoms with E-state index in [1.54, 1.807) is 19.3 Å². The van der Waals surface area contributed by atoms with Crippen molar-refractivity contribution < 1.29 is 8.42 Å². The van der Waals surface area contributed by atoms with Crippen molar-refractivity contribution in [1.82, 2.24) is 9.55 Å². The van der Waals surface area contributed by atoms with E-state index in [1.165, 1.54) is 22.9 Å². The summed E-state index contributed by atoms with van der Waals surface area (Å²) in [6.07, 6.45) is 4.01. The van der Waals surface area contributed by atoms with Crippen LogP contribution in [-0.4, -0.2) is 24.2 Å². The minimum Gasteiger partial charge on any atom is -0.336 e. The minimum atomic E-state index is -3.28. The number of anilines is 2. The molecular weight excluding hydrogens is 346 g/mol. The second-order valence-corrected chi connectivity index (χ2v) is 7.20. The van der Waals surface area contributed by atoms with Gasteiger partial charge in [0.05, 0.1) is 4.90 Å². The Kier molecular flexibility index (Phi) is 3.96. The van der Waals surface area contributed by atoms with Gasteiger partial charge in [0.1, 0.15) is 11.5 Å². The van der Waals surface area contributed by atoms with Crippen LogP contribution >= 0.6 is 15.9 Å². The molecule has 2 aromatic rings. The van der Waals surface area contributed by atoms with Crippen molar-refractivity contribution in [2.75, 3.05) is 11.6 Å². The van der Waals surface area contributed by atoms with Gasteiger partial charge in [-0.25, -0.2) is 13.4 Å². The van der Waals surface area contributed by atoms with Crippen LogP contribution in [0, 0.1) is 0 Å². The molecule has 0 atom stereocenters. The monoisotopic (exact) mass is 357 g/mol. The number of hydrogen-bond acceptors (Lipinski definition) is 5. The molecule has 0 spiro atoms. The van der Waals surface area contributed by atoms with E-state index >= 15 is 0 Å². The van der Waals surface area contributed by atoms with Crippen molar-refractivity contribution >= 4 is 37.3 Å². The van der Waals surface area contributed by atoms with Crippen LogP contribution in [0.15, 0.2) is 44.8 Å². The Labute approximate surface area is 124 Å². The average Bonchev–Trinajstić information content (AvgIpc) is 2.35. The topological polar surface area (TPSA) is 81.1 Å². The van der Waals surface area contributed by atoms with Crippen LogP contribution in [0.3, 0.4) is 0 Å². The molecule has 0 unspecified atom stereocenters. The Morgan fingerprint density at radius 3 is 2.60 bits per heavy atom. The molecule has 0 fully saturated rings. The van der Waals surface area contributed by atoms with Gasteiger partial charge in [-0.1, -0.05) is 0 Å². The predicted molar refractivity (Wildman–Crippen MR) is 80.0 cm³/mol. The van der Waals surface area contributed by atoms with Gasteiger partial charge < -0.3 is 9.88 Å². The zero-order valence-corrected chi connectivity index (χ0v) is 13.2. The SMILES string of the molecule is Cn1cc(Br)cc(Nc2ccc(S(C)(=O)=O)cn2)c1=O. The fourth-order valence-corrected chi connectivity index (χ4v) is 2.67. The molecular formula is C12H12BrN3O3S. The summed E-state index contributed by atoms with van der Waals surface area (Å²) in [5.41, 5.74) is 0.142. The molecule has 0 aliphatic heterocycles. The van der Waals surface area contributed by atoms with E-state index in [0.29, 0.717) is 11.5 Å². The number of aryl methyl sites for hydroxylation is 1. The molecule has 0 bridgehead atoms. The Balaban J connectivity index is 2.34. The van der Waals surface area contributed by atoms with Crippen LogP contribution in [0.4, 0.5) is 11.5 Å². The predicted octanol–water partition coefficient (Wildman–Crippen LogP) is 1.69. The molecule has 0 saturated heterocycles. The molecule has 20 heavy (non-hydrogen) atoms. The Morgan fingerprint density at radius 2 is 2.05 bits per heavy atom. The highest BCUT2D eigenvalue weighted by molar-refractivity contribution is 9.10. The quantitative estimate of drug-likeness (QED) is 0.903. The summed E-state index contributed by atoms with van der Waals surface area (Å²) in [6.45, 7) is 0. The van der Waals surface area contributed by atoms with Gasteiger partial charge in [-0.05, 0) is 34.1 Å². The highest BCUT2D eigenvalue weighted by Crippen LogP contribution is 2.16. The summed E-state index contributed by atoms with van der Waals surface area (Å²) >= 11 is 3.30. The van der Waals surface area contributed by atoms with Gasteiger partial charge in [-0.15, -0.1) is 0 Å². The Hall–Kier alpha value is -1.67. The smallest absolute Gasteiger partial charge is 0.274 e. The van der Waals surface area contributed by atoms with E-state index in [1.807, 2.05) is 0 Å². The number of nitrogens with zero attached hydrogens (tertiary/aromatic N) is 2.